The molecule has 4 heteroatoms. The molecule has 0 aromatic carbocycles. The Labute approximate surface area is 63.4 Å². The van der Waals surface area contributed by atoms with E-state index in [1.165, 1.54) is 0 Å². The Kier molecular flexibility index (Phi) is 2.92. The molecule has 0 amide bonds. The van der Waals surface area contributed by atoms with E-state index in [1.807, 2.05) is 0 Å². The van der Waals surface area contributed by atoms with Crippen molar-refractivity contribution in [3.8, 4) is 0 Å². The van der Waals surface area contributed by atoms with Crippen LogP contribution in [0.3, 0.4) is 0 Å². The van der Waals surface area contributed by atoms with E-state index < -0.39 is 12.5 Å². The highest BCUT2D eigenvalue weighted by atomic mass is 32.2. The SMILES string of the molecule is NC(C(F)F)C1CCCS1. The minimum Gasteiger partial charge on any atom is -0.322 e. The average molecular weight is 167 g/mol. The molecule has 0 bridgehead atoms. The molecule has 0 aliphatic carbocycles. The van der Waals surface area contributed by atoms with Crippen LogP contribution in [0, 0.1) is 0 Å². The topological polar surface area (TPSA) is 26.0 Å². The standard InChI is InChI=1S/C6H11F2NS/c7-6(8)5(9)4-2-1-3-10-4/h4-6H,1-3,9H2. The van der Waals surface area contributed by atoms with Crippen LogP contribution in [0.2, 0.25) is 0 Å². The van der Waals surface area contributed by atoms with Crippen LogP contribution >= 0.6 is 11.8 Å². The number of thioether (sulfide) groups is 1. The smallest absolute Gasteiger partial charge is 0.254 e. The van der Waals surface area contributed by atoms with Gasteiger partial charge in [-0.05, 0) is 18.6 Å². The second-order valence-electron chi connectivity index (χ2n) is 2.46. The van der Waals surface area contributed by atoms with Gasteiger partial charge >= 0.3 is 0 Å². The first-order chi connectivity index (χ1) is 4.72. The largest absolute Gasteiger partial charge is 0.322 e. The molecule has 60 valence electrons. The Morgan fingerprint density at radius 2 is 2.20 bits per heavy atom. The molecule has 2 unspecified atom stereocenters. The van der Waals surface area contributed by atoms with Gasteiger partial charge in [-0.2, -0.15) is 11.8 Å². The second kappa shape index (κ2) is 3.53. The van der Waals surface area contributed by atoms with Crippen LogP contribution in [-0.4, -0.2) is 23.5 Å². The van der Waals surface area contributed by atoms with Crippen molar-refractivity contribution < 1.29 is 8.78 Å². The van der Waals surface area contributed by atoms with Gasteiger partial charge in [0, 0.05) is 5.25 Å². The lowest BCUT2D eigenvalue weighted by molar-refractivity contribution is 0.114. The first-order valence-electron chi connectivity index (χ1n) is 3.37. The maximum atomic E-state index is 11.9. The molecule has 1 nitrogen and oxygen atoms in total. The molecule has 1 heterocycles. The fourth-order valence-electron chi connectivity index (χ4n) is 1.07. The van der Waals surface area contributed by atoms with Gasteiger partial charge in [-0.15, -0.1) is 0 Å². The van der Waals surface area contributed by atoms with E-state index in [2.05, 4.69) is 0 Å². The summed E-state index contributed by atoms with van der Waals surface area (Å²) in [7, 11) is 0. The van der Waals surface area contributed by atoms with Crippen molar-refractivity contribution in [2.45, 2.75) is 30.6 Å². The Morgan fingerprint density at radius 1 is 1.50 bits per heavy atom. The van der Waals surface area contributed by atoms with E-state index in [0.29, 0.717) is 0 Å². The third-order valence-corrected chi connectivity index (χ3v) is 3.19. The molecular formula is C6H11F2NS. The predicted molar refractivity (Wildman–Crippen MR) is 39.5 cm³/mol. The fourth-order valence-corrected chi connectivity index (χ4v) is 2.38. The summed E-state index contributed by atoms with van der Waals surface area (Å²) in [6.45, 7) is 0. The second-order valence-corrected chi connectivity index (χ2v) is 3.81. The molecule has 2 N–H and O–H groups in total. The molecule has 2 atom stereocenters. The van der Waals surface area contributed by atoms with Crippen molar-refractivity contribution in [2.75, 3.05) is 5.75 Å². The van der Waals surface area contributed by atoms with Gasteiger partial charge in [-0.25, -0.2) is 8.78 Å². The van der Waals surface area contributed by atoms with Gasteiger partial charge in [-0.3, -0.25) is 0 Å². The van der Waals surface area contributed by atoms with Crippen LogP contribution in [0.1, 0.15) is 12.8 Å². The Bertz CT molecular complexity index is 104. The number of alkyl halides is 2. The predicted octanol–water partition coefficient (Wildman–Crippen LogP) is 1.47. The summed E-state index contributed by atoms with van der Waals surface area (Å²) in [4.78, 5) is 0. The van der Waals surface area contributed by atoms with Crippen molar-refractivity contribution >= 4 is 11.8 Å². The first-order valence-corrected chi connectivity index (χ1v) is 4.42. The number of nitrogens with two attached hydrogens (primary N) is 1. The molecule has 0 aromatic rings. The van der Waals surface area contributed by atoms with E-state index in [4.69, 9.17) is 5.73 Å². The van der Waals surface area contributed by atoms with Gasteiger partial charge in [0.15, 0.2) is 0 Å². The average Bonchev–Trinajstić information content (AvgIpc) is 2.36. The fraction of sp³-hybridized carbons (Fsp3) is 1.00. The highest BCUT2D eigenvalue weighted by Gasteiger charge is 2.28. The molecule has 0 radical (unpaired) electrons. The van der Waals surface area contributed by atoms with Crippen molar-refractivity contribution in [3.63, 3.8) is 0 Å². The number of halogens is 2. The molecule has 1 aliphatic rings. The zero-order chi connectivity index (χ0) is 7.56. The quantitative estimate of drug-likeness (QED) is 0.674. The van der Waals surface area contributed by atoms with E-state index in [-0.39, 0.29) is 5.25 Å². The summed E-state index contributed by atoms with van der Waals surface area (Å²) < 4.78 is 23.9. The van der Waals surface area contributed by atoms with Gasteiger partial charge in [0.25, 0.3) is 6.43 Å². The Balaban J connectivity index is 2.32. The number of rotatable bonds is 2. The summed E-state index contributed by atoms with van der Waals surface area (Å²) in [6, 6.07) is -0.910. The summed E-state index contributed by atoms with van der Waals surface area (Å²) in [5.41, 5.74) is 5.25. The monoisotopic (exact) mass is 167 g/mol. The molecule has 0 saturated carbocycles. The normalized spacial score (nSPS) is 29.4. The summed E-state index contributed by atoms with van der Waals surface area (Å²) in [6.07, 6.45) is -0.457. The van der Waals surface area contributed by atoms with Crippen LogP contribution in [0.15, 0.2) is 0 Å². The van der Waals surface area contributed by atoms with Crippen molar-refractivity contribution in [3.05, 3.63) is 0 Å². The van der Waals surface area contributed by atoms with Gasteiger partial charge < -0.3 is 5.73 Å². The lowest BCUT2D eigenvalue weighted by atomic mass is 10.1. The molecular weight excluding hydrogens is 156 g/mol. The Hall–Kier alpha value is 0.170. The van der Waals surface area contributed by atoms with Gasteiger partial charge in [0.1, 0.15) is 0 Å². The van der Waals surface area contributed by atoms with Crippen LogP contribution in [0.5, 0.6) is 0 Å². The summed E-state index contributed by atoms with van der Waals surface area (Å²) in [5, 5.41) is -0.000000000000000444. The summed E-state index contributed by atoms with van der Waals surface area (Å²) in [5.74, 6) is 0.991. The highest BCUT2D eigenvalue weighted by molar-refractivity contribution is 8.00. The first kappa shape index (κ1) is 8.27. The van der Waals surface area contributed by atoms with Crippen LogP contribution in [0.4, 0.5) is 8.78 Å². The molecule has 1 fully saturated rings. The molecule has 1 saturated heterocycles. The zero-order valence-electron chi connectivity index (χ0n) is 5.59. The lowest BCUT2D eigenvalue weighted by Crippen LogP contribution is -2.37. The zero-order valence-corrected chi connectivity index (χ0v) is 6.41. The van der Waals surface area contributed by atoms with Crippen LogP contribution < -0.4 is 5.73 Å². The van der Waals surface area contributed by atoms with E-state index in [9.17, 15) is 8.78 Å². The van der Waals surface area contributed by atoms with Gasteiger partial charge in [0.2, 0.25) is 0 Å². The molecule has 10 heavy (non-hydrogen) atoms. The maximum Gasteiger partial charge on any atom is 0.254 e. The van der Waals surface area contributed by atoms with Crippen LogP contribution in [0.25, 0.3) is 0 Å². The lowest BCUT2D eigenvalue weighted by Gasteiger charge is -2.16. The van der Waals surface area contributed by atoms with Gasteiger partial charge in [-0.1, -0.05) is 0 Å². The number of hydrogen-bond acceptors (Lipinski definition) is 2. The Morgan fingerprint density at radius 3 is 2.60 bits per heavy atom. The van der Waals surface area contributed by atoms with E-state index in [1.54, 1.807) is 11.8 Å². The van der Waals surface area contributed by atoms with Crippen molar-refractivity contribution in [1.29, 1.82) is 0 Å². The van der Waals surface area contributed by atoms with Crippen molar-refractivity contribution in [2.24, 2.45) is 5.73 Å². The molecule has 1 rings (SSSR count). The van der Waals surface area contributed by atoms with Crippen molar-refractivity contribution in [1.82, 2.24) is 0 Å². The summed E-state index contributed by atoms with van der Waals surface area (Å²) >= 11 is 1.57. The molecule has 1 aliphatic heterocycles. The molecule has 0 spiro atoms. The molecule has 0 aromatic heterocycles. The maximum absolute atomic E-state index is 11.9. The van der Waals surface area contributed by atoms with E-state index >= 15 is 0 Å². The minimum absolute atomic E-state index is 0.000000000000000444. The third kappa shape index (κ3) is 1.83. The minimum atomic E-state index is -2.35. The van der Waals surface area contributed by atoms with Crippen LogP contribution in [-0.2, 0) is 0 Å². The number of hydrogen-bond donors (Lipinski definition) is 1. The van der Waals surface area contributed by atoms with Gasteiger partial charge in [0.05, 0.1) is 6.04 Å². The third-order valence-electron chi connectivity index (χ3n) is 1.69. The highest BCUT2D eigenvalue weighted by Crippen LogP contribution is 2.29. The van der Waals surface area contributed by atoms with E-state index in [0.717, 1.165) is 18.6 Å².